The minimum atomic E-state index is -0.945. The minimum Gasteiger partial charge on any atom is -0.496 e. The quantitative estimate of drug-likeness (QED) is 0.620. The Kier molecular flexibility index (Phi) is 4.75. The number of ether oxygens (including phenoxy) is 1. The molecular formula is C14H9Br2F3O. The molecule has 2 rings (SSSR count). The Morgan fingerprint density at radius 1 is 1.05 bits per heavy atom. The van der Waals surface area contributed by atoms with Gasteiger partial charge in [0.15, 0.2) is 0 Å². The van der Waals surface area contributed by atoms with Crippen LogP contribution in [0.2, 0.25) is 0 Å². The van der Waals surface area contributed by atoms with Crippen molar-refractivity contribution in [3.8, 4) is 5.75 Å². The lowest BCUT2D eigenvalue weighted by atomic mass is 10.0. The molecule has 2 aromatic carbocycles. The maximum Gasteiger partial charge on any atom is 0.133 e. The highest BCUT2D eigenvalue weighted by atomic mass is 79.9. The molecule has 0 fully saturated rings. The van der Waals surface area contributed by atoms with Crippen molar-refractivity contribution in [3.05, 3.63) is 63.4 Å². The third-order valence-electron chi connectivity index (χ3n) is 2.77. The van der Waals surface area contributed by atoms with Crippen LogP contribution in [-0.4, -0.2) is 7.11 Å². The molecule has 0 saturated heterocycles. The predicted molar refractivity (Wildman–Crippen MR) is 77.8 cm³/mol. The van der Waals surface area contributed by atoms with Crippen LogP contribution in [0.1, 0.15) is 16.0 Å². The number of benzene rings is 2. The van der Waals surface area contributed by atoms with Crippen LogP contribution in [0.3, 0.4) is 0 Å². The van der Waals surface area contributed by atoms with Crippen molar-refractivity contribution < 1.29 is 17.9 Å². The summed E-state index contributed by atoms with van der Waals surface area (Å²) < 4.78 is 46.2. The normalized spacial score (nSPS) is 12.3. The monoisotopic (exact) mass is 408 g/mol. The molecule has 106 valence electrons. The second kappa shape index (κ2) is 6.18. The molecule has 1 unspecified atom stereocenters. The Hall–Kier alpha value is -1.01. The van der Waals surface area contributed by atoms with Gasteiger partial charge in [-0.2, -0.15) is 0 Å². The highest BCUT2D eigenvalue weighted by Crippen LogP contribution is 2.37. The summed E-state index contributed by atoms with van der Waals surface area (Å²) >= 11 is 6.54. The Balaban J connectivity index is 2.46. The van der Waals surface area contributed by atoms with Gasteiger partial charge in [0.2, 0.25) is 0 Å². The molecule has 0 amide bonds. The number of halogens is 5. The Labute approximate surface area is 131 Å². The van der Waals surface area contributed by atoms with Crippen LogP contribution in [0.4, 0.5) is 13.2 Å². The molecule has 1 atom stereocenters. The molecule has 0 aliphatic heterocycles. The molecule has 0 spiro atoms. The highest BCUT2D eigenvalue weighted by Gasteiger charge is 2.21. The van der Waals surface area contributed by atoms with Gasteiger partial charge in [-0.05, 0) is 33.6 Å². The van der Waals surface area contributed by atoms with E-state index in [0.29, 0.717) is 27.9 Å². The van der Waals surface area contributed by atoms with E-state index < -0.39 is 22.3 Å². The summed E-state index contributed by atoms with van der Waals surface area (Å²) in [5.74, 6) is -2.21. The van der Waals surface area contributed by atoms with Gasteiger partial charge < -0.3 is 4.74 Å². The zero-order valence-corrected chi connectivity index (χ0v) is 13.4. The van der Waals surface area contributed by atoms with Gasteiger partial charge in [0.25, 0.3) is 0 Å². The Morgan fingerprint density at radius 3 is 2.15 bits per heavy atom. The number of rotatable bonds is 3. The third kappa shape index (κ3) is 3.01. The predicted octanol–water partition coefficient (Wildman–Crippen LogP) is 5.36. The van der Waals surface area contributed by atoms with E-state index in [1.807, 2.05) is 0 Å². The molecule has 0 bridgehead atoms. The second-order valence-electron chi connectivity index (χ2n) is 4.04. The highest BCUT2D eigenvalue weighted by molar-refractivity contribution is 9.10. The van der Waals surface area contributed by atoms with Crippen LogP contribution >= 0.6 is 31.9 Å². The number of hydrogen-bond acceptors (Lipinski definition) is 1. The molecule has 0 N–H and O–H groups in total. The zero-order chi connectivity index (χ0) is 14.9. The Bertz CT molecular complexity index is 623. The molecule has 2 aromatic rings. The number of methoxy groups -OCH3 is 1. The van der Waals surface area contributed by atoms with E-state index in [-0.39, 0.29) is 5.56 Å². The molecular weight excluding hydrogens is 401 g/mol. The molecule has 1 nitrogen and oxygen atoms in total. The fourth-order valence-electron chi connectivity index (χ4n) is 1.80. The molecule has 0 saturated carbocycles. The van der Waals surface area contributed by atoms with Crippen LogP contribution < -0.4 is 4.74 Å². The fraction of sp³-hybridized carbons (Fsp3) is 0.143. The van der Waals surface area contributed by atoms with E-state index in [2.05, 4.69) is 31.9 Å². The first-order valence-corrected chi connectivity index (χ1v) is 7.27. The minimum absolute atomic E-state index is 0.233. The van der Waals surface area contributed by atoms with Crippen molar-refractivity contribution >= 4 is 31.9 Å². The standard InChI is InChI=1S/C14H9Br2F3O/c1-20-12-3-2-7(4-9(12)15)14(16)13-10(18)5-8(17)6-11(13)19/h2-6,14H,1H3. The van der Waals surface area contributed by atoms with Crippen LogP contribution in [0, 0.1) is 17.5 Å². The maximum atomic E-state index is 13.7. The first-order valence-electron chi connectivity index (χ1n) is 5.56. The van der Waals surface area contributed by atoms with Crippen LogP contribution in [0.25, 0.3) is 0 Å². The average Bonchev–Trinajstić information content (AvgIpc) is 2.37. The topological polar surface area (TPSA) is 9.23 Å². The van der Waals surface area contributed by atoms with Crippen molar-refractivity contribution in [2.45, 2.75) is 4.83 Å². The average molecular weight is 410 g/mol. The van der Waals surface area contributed by atoms with Gasteiger partial charge in [0, 0.05) is 17.7 Å². The summed E-state index contributed by atoms with van der Waals surface area (Å²) in [6.45, 7) is 0. The van der Waals surface area contributed by atoms with E-state index in [9.17, 15) is 13.2 Å². The lowest BCUT2D eigenvalue weighted by molar-refractivity contribution is 0.412. The number of hydrogen-bond donors (Lipinski definition) is 0. The Morgan fingerprint density at radius 2 is 1.65 bits per heavy atom. The number of alkyl halides is 1. The van der Waals surface area contributed by atoms with Crippen molar-refractivity contribution in [1.82, 2.24) is 0 Å². The summed E-state index contributed by atoms with van der Waals surface area (Å²) in [6, 6.07) is 6.34. The van der Waals surface area contributed by atoms with Crippen molar-refractivity contribution in [3.63, 3.8) is 0 Å². The van der Waals surface area contributed by atoms with Crippen molar-refractivity contribution in [2.24, 2.45) is 0 Å². The molecule has 20 heavy (non-hydrogen) atoms. The van der Waals surface area contributed by atoms with E-state index in [0.717, 1.165) is 0 Å². The third-order valence-corrected chi connectivity index (χ3v) is 4.37. The molecule has 0 aliphatic rings. The molecule has 0 heterocycles. The summed E-state index contributed by atoms with van der Waals surface area (Å²) in [7, 11) is 1.52. The van der Waals surface area contributed by atoms with Crippen LogP contribution in [-0.2, 0) is 0 Å². The van der Waals surface area contributed by atoms with E-state index >= 15 is 0 Å². The first kappa shape index (κ1) is 15.4. The summed E-state index contributed by atoms with van der Waals surface area (Å²) in [6.07, 6.45) is 0. The van der Waals surface area contributed by atoms with Crippen molar-refractivity contribution in [1.29, 1.82) is 0 Å². The summed E-state index contributed by atoms with van der Waals surface area (Å²) in [4.78, 5) is -0.731. The van der Waals surface area contributed by atoms with Crippen LogP contribution in [0.5, 0.6) is 5.75 Å². The van der Waals surface area contributed by atoms with Crippen LogP contribution in [0.15, 0.2) is 34.8 Å². The maximum absolute atomic E-state index is 13.7. The summed E-state index contributed by atoms with van der Waals surface area (Å²) in [5.41, 5.74) is 0.380. The van der Waals surface area contributed by atoms with Gasteiger partial charge in [-0.25, -0.2) is 13.2 Å². The fourth-order valence-corrected chi connectivity index (χ4v) is 3.08. The van der Waals surface area contributed by atoms with Gasteiger partial charge in [0.1, 0.15) is 23.2 Å². The van der Waals surface area contributed by atoms with E-state index in [4.69, 9.17) is 4.74 Å². The largest absolute Gasteiger partial charge is 0.496 e. The molecule has 6 heteroatoms. The van der Waals surface area contributed by atoms with Gasteiger partial charge in [-0.3, -0.25) is 0 Å². The van der Waals surface area contributed by atoms with Gasteiger partial charge >= 0.3 is 0 Å². The van der Waals surface area contributed by atoms with Gasteiger partial charge in [-0.1, -0.05) is 22.0 Å². The van der Waals surface area contributed by atoms with E-state index in [1.165, 1.54) is 7.11 Å². The summed E-state index contributed by atoms with van der Waals surface area (Å²) in [5, 5.41) is 0. The smallest absolute Gasteiger partial charge is 0.133 e. The zero-order valence-electron chi connectivity index (χ0n) is 10.3. The van der Waals surface area contributed by atoms with Gasteiger partial charge in [0.05, 0.1) is 16.4 Å². The molecule has 0 aliphatic carbocycles. The first-order chi connectivity index (χ1) is 9.43. The lowest BCUT2D eigenvalue weighted by Crippen LogP contribution is -2.02. The van der Waals surface area contributed by atoms with Crippen molar-refractivity contribution in [2.75, 3.05) is 7.11 Å². The van der Waals surface area contributed by atoms with E-state index in [1.54, 1.807) is 18.2 Å². The van der Waals surface area contributed by atoms with Gasteiger partial charge in [-0.15, -0.1) is 0 Å². The lowest BCUT2D eigenvalue weighted by Gasteiger charge is -2.14. The molecule has 0 aromatic heterocycles. The molecule has 0 radical (unpaired) electrons. The second-order valence-corrected chi connectivity index (χ2v) is 5.81. The SMILES string of the molecule is COc1ccc(C(Br)c2c(F)cc(F)cc2F)cc1Br.